The zero-order chi connectivity index (χ0) is 19.4. The topological polar surface area (TPSA) is 92.3 Å². The summed E-state index contributed by atoms with van der Waals surface area (Å²) in [5.41, 5.74) is 0.568. The number of piperidine rings is 1. The zero-order valence-corrected chi connectivity index (χ0v) is 17.7. The van der Waals surface area contributed by atoms with Crippen LogP contribution >= 0.6 is 23.1 Å². The minimum Gasteiger partial charge on any atom is -0.325 e. The summed E-state index contributed by atoms with van der Waals surface area (Å²) in [4.78, 5) is 12.6. The highest BCUT2D eigenvalue weighted by molar-refractivity contribution is 8.02. The first-order chi connectivity index (χ1) is 12.9. The Labute approximate surface area is 167 Å². The number of aromatic nitrogens is 2. The van der Waals surface area contributed by atoms with Crippen LogP contribution in [-0.4, -0.2) is 47.2 Å². The number of sulfonamides is 1. The summed E-state index contributed by atoms with van der Waals surface area (Å²) in [5.74, 6) is -0.167. The summed E-state index contributed by atoms with van der Waals surface area (Å²) in [5, 5.41) is 11.3. The Kier molecular flexibility index (Phi) is 6.51. The first-order valence-corrected chi connectivity index (χ1v) is 11.9. The second-order valence-electron chi connectivity index (χ2n) is 6.33. The minimum atomic E-state index is -3.46. The number of anilines is 1. The van der Waals surface area contributed by atoms with Crippen molar-refractivity contribution in [2.75, 3.05) is 18.4 Å². The van der Waals surface area contributed by atoms with E-state index >= 15 is 0 Å². The van der Waals surface area contributed by atoms with Gasteiger partial charge in [-0.25, -0.2) is 8.42 Å². The molecule has 0 saturated carbocycles. The Hall–Kier alpha value is -1.49. The zero-order valence-electron chi connectivity index (χ0n) is 15.2. The van der Waals surface area contributed by atoms with Crippen LogP contribution in [0.1, 0.15) is 31.2 Å². The molecule has 146 valence electrons. The molecule has 0 unspecified atom stereocenters. The van der Waals surface area contributed by atoms with Gasteiger partial charge in [-0.05, 0) is 51.0 Å². The van der Waals surface area contributed by atoms with Crippen molar-refractivity contribution in [2.24, 2.45) is 0 Å². The monoisotopic (exact) mass is 426 g/mol. The van der Waals surface area contributed by atoms with Crippen LogP contribution in [0.2, 0.25) is 0 Å². The van der Waals surface area contributed by atoms with Gasteiger partial charge in [0.15, 0.2) is 4.34 Å². The number of rotatable bonds is 6. The summed E-state index contributed by atoms with van der Waals surface area (Å²) in [6.07, 6.45) is 2.87. The lowest BCUT2D eigenvalue weighted by molar-refractivity contribution is -0.115. The minimum absolute atomic E-state index is 0.167. The van der Waals surface area contributed by atoms with Crippen LogP contribution in [0.5, 0.6) is 0 Å². The van der Waals surface area contributed by atoms with Crippen LogP contribution in [0, 0.1) is 6.92 Å². The van der Waals surface area contributed by atoms with Gasteiger partial charge in [-0.1, -0.05) is 29.5 Å². The lowest BCUT2D eigenvalue weighted by atomic mass is 10.2. The van der Waals surface area contributed by atoms with Gasteiger partial charge in [0.25, 0.3) is 0 Å². The third-order valence-electron chi connectivity index (χ3n) is 4.23. The molecule has 0 aliphatic carbocycles. The summed E-state index contributed by atoms with van der Waals surface area (Å²) >= 11 is 2.80. The largest absolute Gasteiger partial charge is 0.325 e. The molecule has 1 saturated heterocycles. The SMILES string of the molecule is Cc1nnc(S[C@@H](C)C(=O)Nc2ccc(S(=O)(=O)N3CCCCC3)cc2)s1. The molecule has 0 spiro atoms. The van der Waals surface area contributed by atoms with Gasteiger partial charge in [0.1, 0.15) is 5.01 Å². The van der Waals surface area contributed by atoms with Crippen molar-refractivity contribution in [1.29, 1.82) is 0 Å². The van der Waals surface area contributed by atoms with E-state index in [0.29, 0.717) is 18.8 Å². The van der Waals surface area contributed by atoms with E-state index in [-0.39, 0.29) is 16.1 Å². The maximum atomic E-state index is 12.7. The van der Waals surface area contributed by atoms with Gasteiger partial charge < -0.3 is 5.32 Å². The lowest BCUT2D eigenvalue weighted by Crippen LogP contribution is -2.35. The van der Waals surface area contributed by atoms with Gasteiger partial charge in [-0.2, -0.15) is 4.31 Å². The number of aryl methyl sites for hydroxylation is 1. The molecule has 0 bridgehead atoms. The van der Waals surface area contributed by atoms with E-state index in [2.05, 4.69) is 15.5 Å². The van der Waals surface area contributed by atoms with Gasteiger partial charge >= 0.3 is 0 Å². The molecular formula is C17H22N4O3S3. The molecule has 2 heterocycles. The van der Waals surface area contributed by atoms with Crippen LogP contribution in [0.4, 0.5) is 5.69 Å². The molecule has 1 N–H and O–H groups in total. The molecule has 1 atom stereocenters. The molecule has 1 aliphatic rings. The fourth-order valence-corrected chi connectivity index (χ4v) is 6.22. The van der Waals surface area contributed by atoms with E-state index in [4.69, 9.17) is 0 Å². The maximum Gasteiger partial charge on any atom is 0.243 e. The second kappa shape index (κ2) is 8.68. The standard InChI is InChI=1S/C17H22N4O3S3/c1-12(25-17-20-19-13(2)26-17)16(22)18-14-6-8-15(9-7-14)27(23,24)21-10-4-3-5-11-21/h6-9,12H,3-5,10-11H2,1-2H3,(H,18,22)/t12-/m0/s1. The lowest BCUT2D eigenvalue weighted by Gasteiger charge is -2.25. The number of thioether (sulfide) groups is 1. The predicted molar refractivity (Wildman–Crippen MR) is 108 cm³/mol. The molecule has 1 aromatic carbocycles. The molecule has 1 amide bonds. The van der Waals surface area contributed by atoms with Crippen molar-refractivity contribution >= 4 is 44.7 Å². The summed E-state index contributed by atoms with van der Waals surface area (Å²) in [7, 11) is -3.46. The molecule has 2 aromatic rings. The Bertz CT molecular complexity index is 890. The molecular weight excluding hydrogens is 404 g/mol. The number of benzene rings is 1. The van der Waals surface area contributed by atoms with Crippen LogP contribution in [0.3, 0.4) is 0 Å². The van der Waals surface area contributed by atoms with E-state index in [0.717, 1.165) is 28.6 Å². The van der Waals surface area contributed by atoms with Gasteiger partial charge in [-0.15, -0.1) is 10.2 Å². The Morgan fingerprint density at radius 1 is 1.19 bits per heavy atom. The molecule has 27 heavy (non-hydrogen) atoms. The number of nitrogens with one attached hydrogen (secondary N) is 1. The maximum absolute atomic E-state index is 12.7. The van der Waals surface area contributed by atoms with Crippen molar-refractivity contribution in [2.45, 2.75) is 47.6 Å². The average molecular weight is 427 g/mol. The van der Waals surface area contributed by atoms with Crippen LogP contribution in [0.25, 0.3) is 0 Å². The summed E-state index contributed by atoms with van der Waals surface area (Å²) < 4.78 is 27.6. The van der Waals surface area contributed by atoms with E-state index in [1.54, 1.807) is 31.2 Å². The van der Waals surface area contributed by atoms with Crippen molar-refractivity contribution in [3.63, 3.8) is 0 Å². The fourth-order valence-electron chi connectivity index (χ4n) is 2.74. The highest BCUT2D eigenvalue weighted by Crippen LogP contribution is 2.27. The third-order valence-corrected chi connectivity index (χ3v) is 8.16. The van der Waals surface area contributed by atoms with Crippen molar-refractivity contribution < 1.29 is 13.2 Å². The molecule has 1 aromatic heterocycles. The van der Waals surface area contributed by atoms with Crippen molar-refractivity contribution in [1.82, 2.24) is 14.5 Å². The van der Waals surface area contributed by atoms with Gasteiger partial charge in [0.2, 0.25) is 15.9 Å². The average Bonchev–Trinajstić information content (AvgIpc) is 3.07. The molecule has 1 fully saturated rings. The third kappa shape index (κ3) is 5.07. The molecule has 0 radical (unpaired) electrons. The molecule has 7 nitrogen and oxygen atoms in total. The molecule has 10 heteroatoms. The van der Waals surface area contributed by atoms with Gasteiger partial charge in [0.05, 0.1) is 10.1 Å². The quantitative estimate of drug-likeness (QED) is 0.714. The Morgan fingerprint density at radius 2 is 1.85 bits per heavy atom. The number of nitrogens with zero attached hydrogens (tertiary/aromatic N) is 3. The normalized spacial score (nSPS) is 16.8. The number of carbonyl (C=O) groups excluding carboxylic acids is 1. The smallest absolute Gasteiger partial charge is 0.243 e. The van der Waals surface area contributed by atoms with E-state index < -0.39 is 10.0 Å². The van der Waals surface area contributed by atoms with E-state index in [1.165, 1.54) is 27.4 Å². The van der Waals surface area contributed by atoms with E-state index in [9.17, 15) is 13.2 Å². The highest BCUT2D eigenvalue weighted by atomic mass is 32.2. The number of amides is 1. The van der Waals surface area contributed by atoms with Crippen LogP contribution in [0.15, 0.2) is 33.5 Å². The van der Waals surface area contributed by atoms with Gasteiger partial charge in [-0.3, -0.25) is 4.79 Å². The molecule has 3 rings (SSSR count). The Morgan fingerprint density at radius 3 is 2.44 bits per heavy atom. The van der Waals surface area contributed by atoms with E-state index in [1.807, 2.05) is 6.92 Å². The summed E-state index contributed by atoms with van der Waals surface area (Å²) in [6, 6.07) is 6.35. The predicted octanol–water partition coefficient (Wildman–Crippen LogP) is 3.14. The van der Waals surface area contributed by atoms with Crippen LogP contribution in [-0.2, 0) is 14.8 Å². The fraction of sp³-hybridized carbons (Fsp3) is 0.471. The van der Waals surface area contributed by atoms with Gasteiger partial charge in [0, 0.05) is 18.8 Å². The van der Waals surface area contributed by atoms with Crippen molar-refractivity contribution in [3.05, 3.63) is 29.3 Å². The summed E-state index contributed by atoms with van der Waals surface area (Å²) in [6.45, 7) is 4.80. The first kappa shape index (κ1) is 20.2. The Balaban J connectivity index is 1.62. The number of hydrogen-bond acceptors (Lipinski definition) is 7. The van der Waals surface area contributed by atoms with Crippen LogP contribution < -0.4 is 5.32 Å². The van der Waals surface area contributed by atoms with Crippen molar-refractivity contribution in [3.8, 4) is 0 Å². The molecule has 1 aliphatic heterocycles. The number of hydrogen-bond donors (Lipinski definition) is 1. The highest BCUT2D eigenvalue weighted by Gasteiger charge is 2.26. The first-order valence-electron chi connectivity index (χ1n) is 8.74. The number of carbonyl (C=O) groups is 1. The second-order valence-corrected chi connectivity index (χ2v) is 11.0.